The number of nitrogens with zero attached hydrogens (tertiary/aromatic N) is 8. The summed E-state index contributed by atoms with van der Waals surface area (Å²) in [6, 6.07) is 21.3. The number of piperidine rings is 1. The predicted octanol–water partition coefficient (Wildman–Crippen LogP) is 6.93. The molecule has 14 nitrogen and oxygen atoms in total. The molecule has 4 aliphatic heterocycles. The molecule has 0 spiro atoms. The predicted molar refractivity (Wildman–Crippen MR) is 234 cm³/mol. The highest BCUT2D eigenvalue weighted by molar-refractivity contribution is 7.18. The molecule has 0 radical (unpaired) electrons. The van der Waals surface area contributed by atoms with E-state index in [2.05, 4.69) is 54.1 Å². The standard InChI is InChI=1S/C45H44N10O4S2/c1-24(2)39(44(58)55-14-6-8-35(55)42(57)46-18-26-10-12-27(13-11-26)41-25(3)49-23-60-41)37-17-31(53-59-37)29-19-47-45(48-20-29)54-21-33-40(34(22-54)50-33)38-16-28-15-32(51-52-43(28)61-38)30-7-4-5-9-36(30)56/h4-5,7,9-13,15-17,19-20,23-24,33-35,39-40,50,56H,6,8,14,18,21-22H2,1-3H3,(H,46,57)/t33-,34?,35?,39?,40?/m0/s1. The number of phenols is 1. The van der Waals surface area contributed by atoms with E-state index in [1.807, 2.05) is 56.6 Å². The van der Waals surface area contributed by atoms with E-state index in [1.54, 1.807) is 58.2 Å². The summed E-state index contributed by atoms with van der Waals surface area (Å²) in [6.07, 6.45) is 4.86. The first kappa shape index (κ1) is 39.1. The zero-order chi connectivity index (χ0) is 41.8. The van der Waals surface area contributed by atoms with Crippen LogP contribution in [0, 0.1) is 12.8 Å². The number of rotatable bonds is 11. The molecule has 4 saturated heterocycles. The van der Waals surface area contributed by atoms with Crippen LogP contribution in [0.4, 0.5) is 5.95 Å². The monoisotopic (exact) mass is 852 g/mol. The summed E-state index contributed by atoms with van der Waals surface area (Å²) in [5, 5.41) is 31.3. The Hall–Kier alpha value is -6.10. The normalized spacial score (nSPS) is 20.3. The van der Waals surface area contributed by atoms with Gasteiger partial charge in [-0.15, -0.1) is 32.9 Å². The lowest BCUT2D eigenvalue weighted by atomic mass is 9.77. The maximum Gasteiger partial charge on any atom is 0.243 e. The number of phenolic OH excluding ortho intramolecular Hbond substituents is 1. The van der Waals surface area contributed by atoms with Gasteiger partial charge in [0.15, 0.2) is 0 Å². The summed E-state index contributed by atoms with van der Waals surface area (Å²) in [7, 11) is 0. The Labute approximate surface area is 360 Å². The molecule has 4 fully saturated rings. The number of amides is 2. The molecule has 5 atom stereocenters. The number of nitrogens with one attached hydrogen (secondary N) is 2. The number of aryl methyl sites for hydroxylation is 1. The number of fused-ring (bicyclic) bond motifs is 3. The van der Waals surface area contributed by atoms with E-state index in [0.29, 0.717) is 59.7 Å². The molecule has 7 aromatic rings. The first-order chi connectivity index (χ1) is 29.7. The van der Waals surface area contributed by atoms with Crippen molar-refractivity contribution in [3.05, 3.63) is 107 Å². The maximum atomic E-state index is 14.2. The van der Waals surface area contributed by atoms with E-state index >= 15 is 0 Å². The van der Waals surface area contributed by atoms with Crippen molar-refractivity contribution in [3.63, 3.8) is 0 Å². The number of benzene rings is 2. The molecule has 0 saturated carbocycles. The highest BCUT2D eigenvalue weighted by atomic mass is 32.1. The van der Waals surface area contributed by atoms with E-state index < -0.39 is 12.0 Å². The zero-order valence-electron chi connectivity index (χ0n) is 33.9. The minimum absolute atomic E-state index is 0.0957. The van der Waals surface area contributed by atoms with E-state index in [9.17, 15) is 14.7 Å². The van der Waals surface area contributed by atoms with Crippen molar-refractivity contribution in [2.45, 2.75) is 70.1 Å². The van der Waals surface area contributed by atoms with E-state index in [0.717, 1.165) is 51.4 Å². The third-order valence-electron chi connectivity index (χ3n) is 12.2. The Bertz CT molecular complexity index is 2720. The SMILES string of the molecule is Cc1ncsc1-c1ccc(CNC(=O)C2CCCN2C(=O)C(c2cc(-c3cnc(N4CC5N[C@@H](C4)C5c4cc5cc(-c6ccccc6O)nnc5s4)nc3)no2)C(C)C)cc1. The van der Waals surface area contributed by atoms with Gasteiger partial charge >= 0.3 is 0 Å². The summed E-state index contributed by atoms with van der Waals surface area (Å²) in [5.41, 5.74) is 7.50. The molecule has 3 N–H and O–H groups in total. The van der Waals surface area contributed by atoms with E-state index in [-0.39, 0.29) is 35.6 Å². The number of aromatic nitrogens is 6. The molecule has 2 aromatic carbocycles. The number of piperazine rings is 1. The van der Waals surface area contributed by atoms with Gasteiger partial charge in [0.2, 0.25) is 17.8 Å². The summed E-state index contributed by atoms with van der Waals surface area (Å²) < 4.78 is 5.85. The number of aromatic hydroxyl groups is 1. The average Bonchev–Trinajstić information content (AvgIpc) is 4.11. The second kappa shape index (κ2) is 16.1. The number of anilines is 1. The van der Waals surface area contributed by atoms with Crippen molar-refractivity contribution in [3.8, 4) is 38.7 Å². The quantitative estimate of drug-likeness (QED) is 0.123. The number of carbonyl (C=O) groups excluding carboxylic acids is 2. The Morgan fingerprint density at radius 1 is 0.967 bits per heavy atom. The molecule has 2 bridgehead atoms. The van der Waals surface area contributed by atoms with Gasteiger partial charge < -0.3 is 30.1 Å². The molecule has 4 unspecified atom stereocenters. The van der Waals surface area contributed by atoms with Crippen molar-refractivity contribution in [2.24, 2.45) is 5.92 Å². The number of thiazole rings is 1. The number of hydrogen-bond acceptors (Lipinski definition) is 14. The summed E-state index contributed by atoms with van der Waals surface area (Å²) in [4.78, 5) is 48.7. The molecule has 310 valence electrons. The molecule has 16 heteroatoms. The zero-order valence-corrected chi connectivity index (χ0v) is 35.5. The lowest BCUT2D eigenvalue weighted by Gasteiger charge is -2.54. The van der Waals surface area contributed by atoms with Gasteiger partial charge in [-0.3, -0.25) is 9.59 Å². The molecule has 11 rings (SSSR count). The lowest BCUT2D eigenvalue weighted by Crippen LogP contribution is -2.72. The third kappa shape index (κ3) is 7.42. The first-order valence-corrected chi connectivity index (χ1v) is 22.3. The van der Waals surface area contributed by atoms with Gasteiger partial charge in [0.1, 0.15) is 34.0 Å². The minimum atomic E-state index is -0.606. The number of hydrogen-bond donors (Lipinski definition) is 3. The Morgan fingerprint density at radius 3 is 2.49 bits per heavy atom. The second-order valence-corrected chi connectivity index (χ2v) is 18.4. The largest absolute Gasteiger partial charge is 0.507 e. The van der Waals surface area contributed by atoms with Gasteiger partial charge in [-0.05, 0) is 61.1 Å². The van der Waals surface area contributed by atoms with Crippen LogP contribution in [0.5, 0.6) is 5.75 Å². The van der Waals surface area contributed by atoms with Gasteiger partial charge in [0.05, 0.1) is 21.8 Å². The Morgan fingerprint density at radius 2 is 1.75 bits per heavy atom. The molecule has 5 aromatic heterocycles. The van der Waals surface area contributed by atoms with Crippen LogP contribution in [0.2, 0.25) is 0 Å². The smallest absolute Gasteiger partial charge is 0.243 e. The molecular weight excluding hydrogens is 809 g/mol. The van der Waals surface area contributed by atoms with Crippen LogP contribution in [0.3, 0.4) is 0 Å². The fourth-order valence-corrected chi connectivity index (χ4v) is 11.0. The van der Waals surface area contributed by atoms with Gasteiger partial charge in [0, 0.05) is 84.0 Å². The van der Waals surface area contributed by atoms with Crippen LogP contribution in [0.25, 0.3) is 43.2 Å². The van der Waals surface area contributed by atoms with Crippen LogP contribution in [-0.2, 0) is 16.1 Å². The van der Waals surface area contributed by atoms with Crippen molar-refractivity contribution in [1.29, 1.82) is 0 Å². The van der Waals surface area contributed by atoms with E-state index in [1.165, 1.54) is 4.88 Å². The van der Waals surface area contributed by atoms with Gasteiger partial charge in [-0.2, -0.15) is 0 Å². The lowest BCUT2D eigenvalue weighted by molar-refractivity contribution is -0.140. The molecule has 2 amide bonds. The minimum Gasteiger partial charge on any atom is -0.507 e. The fraction of sp³-hybridized carbons (Fsp3) is 0.333. The molecule has 4 aliphatic rings. The first-order valence-electron chi connectivity index (χ1n) is 20.6. The summed E-state index contributed by atoms with van der Waals surface area (Å²) >= 11 is 3.29. The molecule has 9 heterocycles. The van der Waals surface area contributed by atoms with Crippen molar-refractivity contribution >= 4 is 50.7 Å². The summed E-state index contributed by atoms with van der Waals surface area (Å²) in [6.45, 7) is 8.36. The van der Waals surface area contributed by atoms with Crippen molar-refractivity contribution in [1.82, 2.24) is 45.8 Å². The summed E-state index contributed by atoms with van der Waals surface area (Å²) in [5.74, 6) is 0.643. The van der Waals surface area contributed by atoms with Crippen LogP contribution in [-0.4, -0.2) is 89.9 Å². The van der Waals surface area contributed by atoms with Gasteiger partial charge in [-0.25, -0.2) is 15.0 Å². The molecule has 61 heavy (non-hydrogen) atoms. The molecular formula is C45H44N10O4S2. The highest BCUT2D eigenvalue weighted by Crippen LogP contribution is 2.43. The number of carbonyl (C=O) groups is 2. The van der Waals surface area contributed by atoms with Crippen LogP contribution < -0.4 is 15.5 Å². The number of likely N-dealkylation sites (tertiary alicyclic amines) is 1. The number of thiophene rings is 1. The van der Waals surface area contributed by atoms with Crippen LogP contribution >= 0.6 is 22.7 Å². The highest BCUT2D eigenvalue weighted by Gasteiger charge is 2.48. The maximum absolute atomic E-state index is 14.2. The fourth-order valence-electron chi connectivity index (χ4n) is 9.01. The second-order valence-electron chi connectivity index (χ2n) is 16.4. The van der Waals surface area contributed by atoms with Crippen LogP contribution in [0.15, 0.2) is 89.2 Å². The van der Waals surface area contributed by atoms with Gasteiger partial charge in [-0.1, -0.05) is 55.4 Å². The Balaban J connectivity index is 0.767. The molecule has 0 aliphatic carbocycles. The van der Waals surface area contributed by atoms with Crippen LogP contribution in [0.1, 0.15) is 60.4 Å². The Kier molecular flexibility index (Phi) is 10.3. The topological polar surface area (TPSA) is 175 Å². The van der Waals surface area contributed by atoms with Crippen molar-refractivity contribution < 1.29 is 19.2 Å². The van der Waals surface area contributed by atoms with Crippen molar-refractivity contribution in [2.75, 3.05) is 24.5 Å². The average molecular weight is 853 g/mol. The third-order valence-corrected chi connectivity index (χ3v) is 14.3. The van der Waals surface area contributed by atoms with E-state index in [4.69, 9.17) is 14.5 Å². The van der Waals surface area contributed by atoms with Gasteiger partial charge in [0.25, 0.3) is 0 Å². The number of para-hydroxylation sites is 1.